The van der Waals surface area contributed by atoms with E-state index in [-0.39, 0.29) is 65.1 Å². The lowest BCUT2D eigenvalue weighted by Gasteiger charge is -2.35. The first kappa shape index (κ1) is 40.7. The highest BCUT2D eigenvalue weighted by Crippen LogP contribution is 2.42. The lowest BCUT2D eigenvalue weighted by molar-refractivity contribution is -0.175. The Hall–Kier alpha value is -6.08. The molecule has 0 saturated heterocycles. The molecule has 3 aliphatic heterocycles. The second-order valence-corrected chi connectivity index (χ2v) is 16.3. The van der Waals surface area contributed by atoms with Gasteiger partial charge in [-0.15, -0.1) is 0 Å². The van der Waals surface area contributed by atoms with Crippen LogP contribution in [-0.2, 0) is 73.5 Å². The van der Waals surface area contributed by atoms with E-state index in [2.05, 4.69) is 42.5 Å². The average Bonchev–Trinajstić information content (AvgIpc) is 3.85. The van der Waals surface area contributed by atoms with Crippen LogP contribution < -0.4 is 27.3 Å². The number of anilines is 1. The summed E-state index contributed by atoms with van der Waals surface area (Å²) in [6.07, 6.45) is -0.626. The summed E-state index contributed by atoms with van der Waals surface area (Å²) >= 11 is 6.20. The number of rotatable bonds is 9. The van der Waals surface area contributed by atoms with Crippen molar-refractivity contribution in [2.75, 3.05) is 5.32 Å². The fourth-order valence-corrected chi connectivity index (χ4v) is 8.74. The molecule has 60 heavy (non-hydrogen) atoms. The van der Waals surface area contributed by atoms with Crippen molar-refractivity contribution in [2.45, 2.75) is 78.1 Å². The van der Waals surface area contributed by atoms with Crippen molar-refractivity contribution >= 4 is 72.4 Å². The van der Waals surface area contributed by atoms with Gasteiger partial charge in [0.05, 0.1) is 48.0 Å². The summed E-state index contributed by atoms with van der Waals surface area (Å²) in [4.78, 5) is 96.8. The van der Waals surface area contributed by atoms with Crippen LogP contribution in [0.15, 0.2) is 71.9 Å². The molecule has 2 aromatic carbocycles. The number of benzene rings is 2. The summed E-state index contributed by atoms with van der Waals surface area (Å²) in [5, 5.41) is 16.3. The Morgan fingerprint density at radius 1 is 0.967 bits per heavy atom. The first-order valence-corrected chi connectivity index (χ1v) is 20.6. The molecule has 0 unspecified atom stereocenters. The molecule has 2 atom stereocenters. The Balaban J connectivity index is 0.922. The number of esters is 1. The molecule has 8 rings (SSSR count). The summed E-state index contributed by atoms with van der Waals surface area (Å²) in [6.45, 7) is 4.70. The SMILES string of the molecule is CCc1c2c(nc3ccc(O)cc13)-c1cc3c(c(=O)n1C2)COC(=O)[C@@]3(CC)OC(=O)OCc1ccc(NC(=O)[C@H](C)NC(=O)C2Cn3c(=O)c(Br)c(Br)c(=O)n3C2)cc1. The van der Waals surface area contributed by atoms with Gasteiger partial charge in [-0.05, 0) is 99.2 Å². The smallest absolute Gasteiger partial charge is 0.508 e. The molecule has 3 aliphatic rings. The topological polar surface area (TPSA) is 219 Å². The number of halogens is 2. The summed E-state index contributed by atoms with van der Waals surface area (Å²) in [7, 11) is 0. The van der Waals surface area contributed by atoms with Crippen LogP contribution in [0.4, 0.5) is 10.5 Å². The van der Waals surface area contributed by atoms with Gasteiger partial charge in [0.25, 0.3) is 16.7 Å². The van der Waals surface area contributed by atoms with Crippen molar-refractivity contribution in [3.05, 3.63) is 116 Å². The van der Waals surface area contributed by atoms with Crippen LogP contribution in [0.3, 0.4) is 0 Å². The lowest BCUT2D eigenvalue weighted by Crippen LogP contribution is -2.47. The second kappa shape index (κ2) is 15.5. The maximum atomic E-state index is 14.0. The first-order chi connectivity index (χ1) is 28.6. The number of phenols is 1. The van der Waals surface area contributed by atoms with E-state index in [0.29, 0.717) is 34.6 Å². The van der Waals surface area contributed by atoms with Gasteiger partial charge in [-0.1, -0.05) is 26.0 Å². The van der Waals surface area contributed by atoms with Crippen LogP contribution >= 0.6 is 31.9 Å². The van der Waals surface area contributed by atoms with Crippen molar-refractivity contribution in [3.63, 3.8) is 0 Å². The highest BCUT2D eigenvalue weighted by molar-refractivity contribution is 9.13. The molecule has 2 amide bonds. The lowest BCUT2D eigenvalue weighted by atomic mass is 9.85. The second-order valence-electron chi connectivity index (χ2n) is 14.7. The van der Waals surface area contributed by atoms with E-state index in [1.165, 1.54) is 16.3 Å². The normalized spacial score (nSPS) is 16.9. The molecule has 17 nitrogen and oxygen atoms in total. The van der Waals surface area contributed by atoms with E-state index in [1.807, 2.05) is 6.92 Å². The predicted octanol–water partition coefficient (Wildman–Crippen LogP) is 4.33. The van der Waals surface area contributed by atoms with E-state index >= 15 is 0 Å². The van der Waals surface area contributed by atoms with E-state index in [1.54, 1.807) is 60.0 Å². The third-order valence-electron chi connectivity index (χ3n) is 11.2. The maximum Gasteiger partial charge on any atom is 0.510 e. The van der Waals surface area contributed by atoms with Crippen LogP contribution in [0.25, 0.3) is 22.3 Å². The minimum Gasteiger partial charge on any atom is -0.508 e. The Morgan fingerprint density at radius 3 is 2.30 bits per heavy atom. The number of pyridine rings is 2. The molecule has 0 aliphatic carbocycles. The molecular formula is C41H36Br2N6O11. The molecule has 19 heteroatoms. The Morgan fingerprint density at radius 2 is 1.65 bits per heavy atom. The number of ether oxygens (including phenoxy) is 3. The molecule has 3 N–H and O–H groups in total. The average molecular weight is 949 g/mol. The van der Waals surface area contributed by atoms with E-state index in [0.717, 1.165) is 16.5 Å². The number of amides is 2. The summed E-state index contributed by atoms with van der Waals surface area (Å²) in [6, 6.07) is 11.9. The van der Waals surface area contributed by atoms with Crippen molar-refractivity contribution in [1.82, 2.24) is 24.2 Å². The van der Waals surface area contributed by atoms with Gasteiger partial charge < -0.3 is 34.5 Å². The minimum absolute atomic E-state index is 0.0335. The fourth-order valence-electron chi connectivity index (χ4n) is 7.99. The molecule has 0 spiro atoms. The largest absolute Gasteiger partial charge is 0.510 e. The number of aromatic nitrogens is 4. The number of aromatic hydroxyl groups is 1. The zero-order valence-corrected chi connectivity index (χ0v) is 35.5. The fraction of sp³-hybridized carbons (Fsp3) is 0.317. The molecule has 3 aromatic heterocycles. The van der Waals surface area contributed by atoms with E-state index < -0.39 is 58.2 Å². The number of hydrogen-bond donors (Lipinski definition) is 3. The molecule has 0 saturated carbocycles. The van der Waals surface area contributed by atoms with Gasteiger partial charge in [0.2, 0.25) is 17.4 Å². The molecule has 6 heterocycles. The van der Waals surface area contributed by atoms with Gasteiger partial charge >= 0.3 is 12.1 Å². The highest BCUT2D eigenvalue weighted by Gasteiger charge is 2.51. The van der Waals surface area contributed by atoms with Crippen LogP contribution in [0.5, 0.6) is 5.75 Å². The molecular weight excluding hydrogens is 912 g/mol. The Kier molecular flexibility index (Phi) is 10.5. The van der Waals surface area contributed by atoms with Gasteiger partial charge in [-0.25, -0.2) is 23.9 Å². The number of hydrogen-bond acceptors (Lipinski definition) is 12. The number of aryl methyl sites for hydroxylation is 1. The van der Waals surface area contributed by atoms with Gasteiger partial charge in [0.1, 0.15) is 34.0 Å². The van der Waals surface area contributed by atoms with Crippen LogP contribution in [0.2, 0.25) is 0 Å². The highest BCUT2D eigenvalue weighted by atomic mass is 79.9. The Labute approximate surface area is 356 Å². The third-order valence-corrected chi connectivity index (χ3v) is 13.2. The molecule has 0 bridgehead atoms. The third kappa shape index (κ3) is 6.78. The first-order valence-electron chi connectivity index (χ1n) is 19.0. The number of fused-ring (bicyclic) bond motifs is 6. The summed E-state index contributed by atoms with van der Waals surface area (Å²) in [5.41, 5.74) is 1.36. The number of phenolic OH excluding ortho intramolecular Hbond substituents is 1. The van der Waals surface area contributed by atoms with Gasteiger partial charge in [0, 0.05) is 22.2 Å². The molecule has 0 fully saturated rings. The predicted molar refractivity (Wildman–Crippen MR) is 221 cm³/mol. The Bertz CT molecular complexity index is 2830. The monoisotopic (exact) mass is 946 g/mol. The van der Waals surface area contributed by atoms with Gasteiger partial charge in [-0.2, -0.15) is 0 Å². The molecule has 310 valence electrons. The summed E-state index contributed by atoms with van der Waals surface area (Å²) in [5.74, 6) is -2.54. The number of carbonyl (C=O) groups is 4. The number of carbonyl (C=O) groups excluding carboxylic acids is 4. The maximum absolute atomic E-state index is 14.0. The van der Waals surface area contributed by atoms with Crippen molar-refractivity contribution in [1.29, 1.82) is 0 Å². The van der Waals surface area contributed by atoms with Crippen LogP contribution in [0.1, 0.15) is 55.0 Å². The number of nitrogens with one attached hydrogen (secondary N) is 2. The van der Waals surface area contributed by atoms with E-state index in [9.17, 15) is 38.7 Å². The number of cyclic esters (lactones) is 1. The standard InChI is InChI=1S/C41H36Br2N6O11/c1-4-24-25-12-23(50)10-11-29(25)46-33-26(24)16-47-30(33)13-28-27(36(47)53)18-58-39(56)41(28,5-2)60-40(57)59-17-20-6-8-22(9-7-20)45-34(51)19(3)44-35(52)21-14-48-37(54)31(42)32(43)38(55)49(48)15-21/h6-13,19,21,50H,4-5,14-18H2,1-3H3,(H,44,52)(H,45,51)/t19-,41-/m0/s1. The quantitative estimate of drug-likeness (QED) is 0.173. The molecule has 0 radical (unpaired) electrons. The van der Waals surface area contributed by atoms with Gasteiger partial charge in [-0.3, -0.25) is 24.0 Å². The molecule has 5 aromatic rings. The zero-order valence-electron chi connectivity index (χ0n) is 32.3. The minimum atomic E-state index is -1.98. The van der Waals surface area contributed by atoms with E-state index in [4.69, 9.17) is 19.2 Å². The van der Waals surface area contributed by atoms with Gasteiger partial charge in [0.15, 0.2) is 0 Å². The summed E-state index contributed by atoms with van der Waals surface area (Å²) < 4.78 is 20.7. The van der Waals surface area contributed by atoms with Crippen molar-refractivity contribution in [2.24, 2.45) is 5.92 Å². The van der Waals surface area contributed by atoms with Crippen LogP contribution in [0, 0.1) is 5.92 Å². The zero-order chi connectivity index (χ0) is 42.8. The van der Waals surface area contributed by atoms with Crippen molar-refractivity contribution in [3.8, 4) is 17.1 Å². The van der Waals surface area contributed by atoms with Crippen molar-refractivity contribution < 1.29 is 38.5 Å². The number of nitrogens with zero attached hydrogens (tertiary/aromatic N) is 4. The van der Waals surface area contributed by atoms with Crippen LogP contribution in [-0.4, -0.2) is 54.0 Å².